The standard InChI is InChI=1S/C29H23BrN4O5/c30-22-15-19(9-10-25(22)38-18-27(35)33-11-13-37-14-12-33)17-31-34-28(26-16-20-5-1-4-8-24(20)39-26)32-23-7-3-2-6-21(23)29(34)36/h1-10,15-17H,11-14,18H2. The number of furan rings is 1. The highest BCUT2D eigenvalue weighted by Crippen LogP contribution is 2.28. The lowest BCUT2D eigenvalue weighted by Crippen LogP contribution is -2.43. The third kappa shape index (κ3) is 5.21. The van der Waals surface area contributed by atoms with Gasteiger partial charge in [-0.3, -0.25) is 9.59 Å². The number of morpholine rings is 1. The summed E-state index contributed by atoms with van der Waals surface area (Å²) in [7, 11) is 0. The Hall–Kier alpha value is -4.28. The van der Waals surface area contributed by atoms with E-state index in [0.717, 1.165) is 5.39 Å². The van der Waals surface area contributed by atoms with Gasteiger partial charge in [-0.25, -0.2) is 4.98 Å². The summed E-state index contributed by atoms with van der Waals surface area (Å²) in [6.45, 7) is 2.15. The molecule has 1 aliphatic rings. The molecule has 0 spiro atoms. The first-order valence-electron chi connectivity index (χ1n) is 12.4. The summed E-state index contributed by atoms with van der Waals surface area (Å²) in [5.74, 6) is 1.18. The van der Waals surface area contributed by atoms with Gasteiger partial charge in [-0.05, 0) is 64.0 Å². The topological polar surface area (TPSA) is 99.2 Å². The molecule has 0 aliphatic carbocycles. The van der Waals surface area contributed by atoms with E-state index in [9.17, 15) is 9.59 Å². The fraction of sp³-hybridized carbons (Fsp3) is 0.172. The van der Waals surface area contributed by atoms with Crippen LogP contribution in [-0.2, 0) is 9.53 Å². The Labute approximate surface area is 231 Å². The van der Waals surface area contributed by atoms with Crippen molar-refractivity contribution in [3.8, 4) is 17.3 Å². The molecule has 2 aromatic heterocycles. The van der Waals surface area contributed by atoms with E-state index in [0.29, 0.717) is 70.2 Å². The number of hydrogen-bond donors (Lipinski definition) is 0. The van der Waals surface area contributed by atoms with E-state index in [-0.39, 0.29) is 18.1 Å². The van der Waals surface area contributed by atoms with E-state index in [1.54, 1.807) is 47.5 Å². The Morgan fingerprint density at radius 1 is 1.05 bits per heavy atom. The smallest absolute Gasteiger partial charge is 0.282 e. The van der Waals surface area contributed by atoms with E-state index in [4.69, 9.17) is 18.9 Å². The zero-order chi connectivity index (χ0) is 26.8. The van der Waals surface area contributed by atoms with Gasteiger partial charge in [-0.15, -0.1) is 0 Å². The number of carbonyl (C=O) groups excluding carboxylic acids is 1. The number of benzene rings is 3. The fourth-order valence-electron chi connectivity index (χ4n) is 4.36. The molecule has 0 unspecified atom stereocenters. The number of halogens is 1. The van der Waals surface area contributed by atoms with Crippen LogP contribution in [0.2, 0.25) is 0 Å². The molecule has 196 valence electrons. The Bertz CT molecular complexity index is 1740. The van der Waals surface area contributed by atoms with Crippen LogP contribution in [-0.4, -0.2) is 59.6 Å². The van der Waals surface area contributed by atoms with Gasteiger partial charge in [0.2, 0.25) is 5.82 Å². The summed E-state index contributed by atoms with van der Waals surface area (Å²) in [5.41, 5.74) is 1.65. The van der Waals surface area contributed by atoms with Crippen molar-refractivity contribution in [1.29, 1.82) is 0 Å². The first-order valence-corrected chi connectivity index (χ1v) is 13.2. The molecule has 0 bridgehead atoms. The third-order valence-electron chi connectivity index (χ3n) is 6.39. The van der Waals surface area contributed by atoms with Gasteiger partial charge in [0.15, 0.2) is 12.4 Å². The Kier molecular flexibility index (Phi) is 6.95. The van der Waals surface area contributed by atoms with Crippen LogP contribution in [0.3, 0.4) is 0 Å². The lowest BCUT2D eigenvalue weighted by atomic mass is 10.2. The molecule has 1 saturated heterocycles. The lowest BCUT2D eigenvalue weighted by molar-refractivity contribution is -0.137. The maximum atomic E-state index is 13.5. The van der Waals surface area contributed by atoms with Gasteiger partial charge in [0.25, 0.3) is 11.5 Å². The quantitative estimate of drug-likeness (QED) is 0.268. The van der Waals surface area contributed by atoms with Crippen LogP contribution in [0.15, 0.2) is 91.6 Å². The largest absolute Gasteiger partial charge is 0.483 e. The molecule has 1 amide bonds. The fourth-order valence-corrected chi connectivity index (χ4v) is 4.88. The van der Waals surface area contributed by atoms with Crippen molar-refractivity contribution in [2.45, 2.75) is 0 Å². The average Bonchev–Trinajstić information content (AvgIpc) is 3.41. The zero-order valence-corrected chi connectivity index (χ0v) is 22.3. The van der Waals surface area contributed by atoms with Crippen LogP contribution in [0.4, 0.5) is 0 Å². The van der Waals surface area contributed by atoms with Crippen LogP contribution in [0.5, 0.6) is 5.75 Å². The van der Waals surface area contributed by atoms with Gasteiger partial charge in [-0.1, -0.05) is 30.3 Å². The van der Waals surface area contributed by atoms with Gasteiger partial charge in [-0.2, -0.15) is 9.78 Å². The first-order chi connectivity index (χ1) is 19.1. The van der Waals surface area contributed by atoms with E-state index in [1.165, 1.54) is 4.68 Å². The Morgan fingerprint density at radius 3 is 2.67 bits per heavy atom. The van der Waals surface area contributed by atoms with Crippen molar-refractivity contribution in [3.63, 3.8) is 0 Å². The number of hydrogen-bond acceptors (Lipinski definition) is 7. The van der Waals surface area contributed by atoms with Crippen molar-refractivity contribution in [2.24, 2.45) is 5.10 Å². The average molecular weight is 587 g/mol. The van der Waals surface area contributed by atoms with Gasteiger partial charge in [0.1, 0.15) is 11.3 Å². The van der Waals surface area contributed by atoms with Crippen molar-refractivity contribution in [3.05, 3.63) is 93.2 Å². The van der Waals surface area contributed by atoms with Crippen LogP contribution in [0.25, 0.3) is 33.5 Å². The maximum Gasteiger partial charge on any atom is 0.282 e. The van der Waals surface area contributed by atoms with Crippen molar-refractivity contribution in [2.75, 3.05) is 32.9 Å². The molecular formula is C29H23BrN4O5. The molecule has 9 nitrogen and oxygen atoms in total. The van der Waals surface area contributed by atoms with E-state index >= 15 is 0 Å². The highest BCUT2D eigenvalue weighted by molar-refractivity contribution is 9.10. The zero-order valence-electron chi connectivity index (χ0n) is 20.7. The second-order valence-corrected chi connectivity index (χ2v) is 9.79. The minimum Gasteiger partial charge on any atom is -0.483 e. The van der Waals surface area contributed by atoms with E-state index in [1.807, 2.05) is 36.4 Å². The van der Waals surface area contributed by atoms with E-state index < -0.39 is 0 Å². The number of nitrogens with zero attached hydrogens (tertiary/aromatic N) is 4. The molecule has 0 radical (unpaired) electrons. The molecule has 5 aromatic rings. The third-order valence-corrected chi connectivity index (χ3v) is 7.01. The molecule has 3 aromatic carbocycles. The maximum absolute atomic E-state index is 13.5. The molecular weight excluding hydrogens is 564 g/mol. The lowest BCUT2D eigenvalue weighted by Gasteiger charge is -2.26. The van der Waals surface area contributed by atoms with Crippen LogP contribution in [0.1, 0.15) is 5.56 Å². The minimum absolute atomic E-state index is 0.0644. The summed E-state index contributed by atoms with van der Waals surface area (Å²) >= 11 is 3.51. The molecule has 10 heteroatoms. The number of ether oxygens (including phenoxy) is 2. The number of fused-ring (bicyclic) bond motifs is 2. The monoisotopic (exact) mass is 586 g/mol. The van der Waals surface area contributed by atoms with Crippen LogP contribution in [0, 0.1) is 0 Å². The highest BCUT2D eigenvalue weighted by Gasteiger charge is 2.18. The van der Waals surface area contributed by atoms with Gasteiger partial charge in [0, 0.05) is 18.5 Å². The van der Waals surface area contributed by atoms with Gasteiger partial charge < -0.3 is 18.8 Å². The van der Waals surface area contributed by atoms with Crippen molar-refractivity contribution in [1.82, 2.24) is 14.6 Å². The number of carbonyl (C=O) groups is 1. The molecule has 3 heterocycles. The van der Waals surface area contributed by atoms with Gasteiger partial charge >= 0.3 is 0 Å². The predicted octanol–water partition coefficient (Wildman–Crippen LogP) is 4.69. The van der Waals surface area contributed by atoms with Gasteiger partial charge in [0.05, 0.1) is 34.8 Å². The molecule has 6 rings (SSSR count). The molecule has 1 aliphatic heterocycles. The Balaban J connectivity index is 1.29. The highest BCUT2D eigenvalue weighted by atomic mass is 79.9. The van der Waals surface area contributed by atoms with Crippen LogP contribution >= 0.6 is 15.9 Å². The Morgan fingerprint density at radius 2 is 1.85 bits per heavy atom. The second kappa shape index (κ2) is 10.8. The van der Waals surface area contributed by atoms with Crippen molar-refractivity contribution >= 4 is 49.9 Å². The number of aromatic nitrogens is 2. The number of para-hydroxylation sites is 2. The molecule has 39 heavy (non-hydrogen) atoms. The molecule has 0 atom stereocenters. The summed E-state index contributed by atoms with van der Waals surface area (Å²) < 4.78 is 19.0. The summed E-state index contributed by atoms with van der Waals surface area (Å²) in [6.07, 6.45) is 1.57. The predicted molar refractivity (Wildman–Crippen MR) is 151 cm³/mol. The normalized spacial score (nSPS) is 13.9. The van der Waals surface area contributed by atoms with Crippen molar-refractivity contribution < 1.29 is 18.7 Å². The number of rotatable bonds is 6. The molecule has 1 fully saturated rings. The van der Waals surface area contributed by atoms with Crippen LogP contribution < -0.4 is 10.3 Å². The summed E-state index contributed by atoms with van der Waals surface area (Å²) in [5, 5.41) is 5.85. The minimum atomic E-state index is -0.312. The molecule has 0 saturated carbocycles. The molecule has 0 N–H and O–H groups in total. The van der Waals surface area contributed by atoms with E-state index in [2.05, 4.69) is 21.0 Å². The summed E-state index contributed by atoms with van der Waals surface area (Å²) in [4.78, 5) is 32.3. The second-order valence-electron chi connectivity index (χ2n) is 8.93. The SMILES string of the molecule is O=C(COc1ccc(C=Nn2c(-c3cc4ccccc4o3)nc3ccccc3c2=O)cc1Br)N1CCOCC1. The summed E-state index contributed by atoms with van der Waals surface area (Å²) in [6, 6.07) is 21.9. The number of amides is 1. The first kappa shape index (κ1) is 25.0.